The van der Waals surface area contributed by atoms with Crippen LogP contribution in [0.3, 0.4) is 0 Å². The van der Waals surface area contributed by atoms with Crippen molar-refractivity contribution in [2.45, 2.75) is 38.4 Å². The summed E-state index contributed by atoms with van der Waals surface area (Å²) in [5.74, 6) is 1.54. The maximum Gasteiger partial charge on any atom is 0.257 e. The van der Waals surface area contributed by atoms with Gasteiger partial charge in [0.25, 0.3) is 5.91 Å². The van der Waals surface area contributed by atoms with Crippen LogP contribution in [0.25, 0.3) is 0 Å². The Morgan fingerprint density at radius 1 is 1.36 bits per heavy atom. The summed E-state index contributed by atoms with van der Waals surface area (Å²) in [6.07, 6.45) is 1.96. The summed E-state index contributed by atoms with van der Waals surface area (Å²) in [7, 11) is 0. The molecule has 0 radical (unpaired) electrons. The van der Waals surface area contributed by atoms with E-state index in [1.54, 1.807) is 18.2 Å². The number of nitrogens with one attached hydrogen (secondary N) is 1. The normalized spacial score (nSPS) is 16.0. The third kappa shape index (κ3) is 4.33. The van der Waals surface area contributed by atoms with Gasteiger partial charge in [0.2, 0.25) is 0 Å². The molecule has 2 heterocycles. The number of rotatable bonds is 7. The molecule has 1 aromatic heterocycles. The van der Waals surface area contributed by atoms with Crippen molar-refractivity contribution < 1.29 is 23.8 Å². The SMILES string of the molecule is CC1(C)Cc2cccc(OCC(=O)NCCC(O)c3ccco3)c2O1. The van der Waals surface area contributed by atoms with Gasteiger partial charge in [-0.25, -0.2) is 0 Å². The van der Waals surface area contributed by atoms with E-state index in [-0.39, 0.29) is 18.1 Å². The van der Waals surface area contributed by atoms with Crippen molar-refractivity contribution in [3.63, 3.8) is 0 Å². The van der Waals surface area contributed by atoms with Crippen LogP contribution in [0.15, 0.2) is 41.0 Å². The molecule has 0 saturated heterocycles. The van der Waals surface area contributed by atoms with E-state index in [1.165, 1.54) is 6.26 Å². The molecule has 1 aliphatic heterocycles. The second-order valence-electron chi connectivity index (χ2n) is 6.74. The lowest BCUT2D eigenvalue weighted by atomic mass is 10.0. The molecule has 3 rings (SSSR count). The Kier molecular flexibility index (Phi) is 4.99. The molecule has 1 aliphatic rings. The summed E-state index contributed by atoms with van der Waals surface area (Å²) in [6.45, 7) is 4.28. The Bertz CT molecular complexity index is 723. The average molecular weight is 345 g/mol. The number of furan rings is 1. The molecule has 0 bridgehead atoms. The maximum absolute atomic E-state index is 11.9. The number of aliphatic hydroxyl groups excluding tert-OH is 1. The summed E-state index contributed by atoms with van der Waals surface area (Å²) >= 11 is 0. The highest BCUT2D eigenvalue weighted by atomic mass is 16.5. The fourth-order valence-corrected chi connectivity index (χ4v) is 2.87. The minimum Gasteiger partial charge on any atom is -0.483 e. The molecule has 1 unspecified atom stereocenters. The molecule has 0 fully saturated rings. The quantitative estimate of drug-likeness (QED) is 0.806. The molecule has 1 atom stereocenters. The fourth-order valence-electron chi connectivity index (χ4n) is 2.87. The van der Waals surface area contributed by atoms with Crippen LogP contribution in [0.4, 0.5) is 0 Å². The smallest absolute Gasteiger partial charge is 0.257 e. The largest absolute Gasteiger partial charge is 0.483 e. The topological polar surface area (TPSA) is 80.9 Å². The lowest BCUT2D eigenvalue weighted by molar-refractivity contribution is -0.123. The van der Waals surface area contributed by atoms with Crippen LogP contribution < -0.4 is 14.8 Å². The summed E-state index contributed by atoms with van der Waals surface area (Å²) in [5.41, 5.74) is 0.830. The van der Waals surface area contributed by atoms with Crippen LogP contribution in [0.2, 0.25) is 0 Å². The average Bonchev–Trinajstić information content (AvgIpc) is 3.18. The zero-order valence-electron chi connectivity index (χ0n) is 14.5. The molecule has 1 aromatic carbocycles. The van der Waals surface area contributed by atoms with E-state index in [9.17, 15) is 9.90 Å². The van der Waals surface area contributed by atoms with Crippen LogP contribution in [-0.4, -0.2) is 29.8 Å². The maximum atomic E-state index is 11.9. The number of benzene rings is 1. The van der Waals surface area contributed by atoms with Crippen molar-refractivity contribution in [3.8, 4) is 11.5 Å². The molecule has 6 nitrogen and oxygen atoms in total. The van der Waals surface area contributed by atoms with E-state index in [4.69, 9.17) is 13.9 Å². The van der Waals surface area contributed by atoms with Crippen molar-refractivity contribution >= 4 is 5.91 Å². The third-order valence-corrected chi connectivity index (χ3v) is 4.03. The van der Waals surface area contributed by atoms with E-state index in [2.05, 4.69) is 5.32 Å². The van der Waals surface area contributed by atoms with Crippen LogP contribution in [0.5, 0.6) is 11.5 Å². The number of hydrogen-bond acceptors (Lipinski definition) is 5. The molecule has 0 aliphatic carbocycles. The summed E-state index contributed by atoms with van der Waals surface area (Å²) in [5, 5.41) is 12.6. The predicted octanol–water partition coefficient (Wildman–Crippen LogP) is 2.61. The molecule has 6 heteroatoms. The Hall–Kier alpha value is -2.47. The number of amides is 1. The Labute approximate surface area is 146 Å². The Balaban J connectivity index is 1.45. The van der Waals surface area contributed by atoms with Gasteiger partial charge in [-0.1, -0.05) is 12.1 Å². The van der Waals surface area contributed by atoms with Gasteiger partial charge in [-0.05, 0) is 38.5 Å². The molecule has 0 spiro atoms. The van der Waals surface area contributed by atoms with E-state index in [1.807, 2.05) is 26.0 Å². The van der Waals surface area contributed by atoms with Gasteiger partial charge in [-0.15, -0.1) is 0 Å². The molecule has 2 aromatic rings. The lowest BCUT2D eigenvalue weighted by Crippen LogP contribution is -2.30. The molecular weight excluding hydrogens is 322 g/mol. The highest BCUT2D eigenvalue weighted by Gasteiger charge is 2.32. The number of hydrogen-bond donors (Lipinski definition) is 2. The van der Waals surface area contributed by atoms with Gasteiger partial charge in [0, 0.05) is 18.5 Å². The zero-order valence-corrected chi connectivity index (χ0v) is 14.5. The first-order chi connectivity index (χ1) is 11.9. The number of fused-ring (bicyclic) bond motifs is 1. The summed E-state index contributed by atoms with van der Waals surface area (Å²) in [4.78, 5) is 11.9. The molecule has 0 saturated carbocycles. The Morgan fingerprint density at radius 3 is 2.96 bits per heavy atom. The molecule has 25 heavy (non-hydrogen) atoms. The van der Waals surface area contributed by atoms with Gasteiger partial charge in [0.15, 0.2) is 18.1 Å². The van der Waals surface area contributed by atoms with E-state index in [0.717, 1.165) is 12.0 Å². The number of para-hydroxylation sites is 1. The number of ether oxygens (including phenoxy) is 2. The van der Waals surface area contributed by atoms with Crippen LogP contribution in [0.1, 0.15) is 37.7 Å². The standard InChI is InChI=1S/C19H23NO5/c1-19(2)11-13-5-3-6-16(18(13)25-19)24-12-17(22)20-9-8-14(21)15-7-4-10-23-15/h3-7,10,14,21H,8-9,11-12H2,1-2H3,(H,20,22). The first kappa shape index (κ1) is 17.4. The summed E-state index contributed by atoms with van der Waals surface area (Å²) < 4.78 is 16.6. The predicted molar refractivity (Wildman–Crippen MR) is 91.6 cm³/mol. The minimum absolute atomic E-state index is 0.100. The van der Waals surface area contributed by atoms with Gasteiger partial charge >= 0.3 is 0 Å². The van der Waals surface area contributed by atoms with Crippen molar-refractivity contribution in [1.82, 2.24) is 5.32 Å². The highest BCUT2D eigenvalue weighted by molar-refractivity contribution is 5.77. The van der Waals surface area contributed by atoms with Gasteiger partial charge in [0.05, 0.1) is 6.26 Å². The fraction of sp³-hybridized carbons (Fsp3) is 0.421. The first-order valence-corrected chi connectivity index (χ1v) is 8.36. The molecular formula is C19H23NO5. The lowest BCUT2D eigenvalue weighted by Gasteiger charge is -2.18. The van der Waals surface area contributed by atoms with Crippen molar-refractivity contribution in [3.05, 3.63) is 47.9 Å². The monoisotopic (exact) mass is 345 g/mol. The second kappa shape index (κ2) is 7.19. The van der Waals surface area contributed by atoms with Crippen molar-refractivity contribution in [2.75, 3.05) is 13.2 Å². The highest BCUT2D eigenvalue weighted by Crippen LogP contribution is 2.41. The van der Waals surface area contributed by atoms with Crippen LogP contribution in [0, 0.1) is 0 Å². The number of aliphatic hydroxyl groups is 1. The summed E-state index contributed by atoms with van der Waals surface area (Å²) in [6, 6.07) is 9.12. The molecule has 134 valence electrons. The number of carbonyl (C=O) groups excluding carboxylic acids is 1. The van der Waals surface area contributed by atoms with Gasteiger partial charge in [-0.3, -0.25) is 4.79 Å². The first-order valence-electron chi connectivity index (χ1n) is 8.36. The minimum atomic E-state index is -0.732. The molecule has 2 N–H and O–H groups in total. The van der Waals surface area contributed by atoms with Gasteiger partial charge in [-0.2, -0.15) is 0 Å². The van der Waals surface area contributed by atoms with Gasteiger partial charge < -0.3 is 24.3 Å². The second-order valence-corrected chi connectivity index (χ2v) is 6.74. The van der Waals surface area contributed by atoms with Crippen molar-refractivity contribution in [1.29, 1.82) is 0 Å². The zero-order chi connectivity index (χ0) is 17.9. The third-order valence-electron chi connectivity index (χ3n) is 4.03. The number of carbonyl (C=O) groups is 1. The van der Waals surface area contributed by atoms with E-state index in [0.29, 0.717) is 30.2 Å². The van der Waals surface area contributed by atoms with Crippen molar-refractivity contribution in [2.24, 2.45) is 0 Å². The molecule has 1 amide bonds. The van der Waals surface area contributed by atoms with E-state index < -0.39 is 6.10 Å². The Morgan fingerprint density at radius 2 is 2.20 bits per heavy atom. The van der Waals surface area contributed by atoms with Crippen LogP contribution in [-0.2, 0) is 11.2 Å². The van der Waals surface area contributed by atoms with Gasteiger partial charge in [0.1, 0.15) is 17.5 Å². The van der Waals surface area contributed by atoms with E-state index >= 15 is 0 Å². The van der Waals surface area contributed by atoms with Crippen LogP contribution >= 0.6 is 0 Å².